The van der Waals surface area contributed by atoms with Crippen molar-refractivity contribution in [3.63, 3.8) is 0 Å². The lowest BCUT2D eigenvalue weighted by atomic mass is 10.3. The van der Waals surface area contributed by atoms with Crippen molar-refractivity contribution in [2.75, 3.05) is 19.6 Å². The van der Waals surface area contributed by atoms with E-state index in [2.05, 4.69) is 21.9 Å². The van der Waals surface area contributed by atoms with Gasteiger partial charge in [0, 0.05) is 31.9 Å². The number of amides is 2. The minimum absolute atomic E-state index is 0.0174. The van der Waals surface area contributed by atoms with E-state index >= 15 is 0 Å². The van der Waals surface area contributed by atoms with Gasteiger partial charge in [-0.05, 0) is 0 Å². The van der Waals surface area contributed by atoms with Crippen LogP contribution < -0.4 is 10.1 Å². The molecule has 0 bridgehead atoms. The lowest BCUT2D eigenvalue weighted by Gasteiger charge is -2.16. The summed E-state index contributed by atoms with van der Waals surface area (Å²) in [4.78, 5) is 21.4. The fraction of sp³-hybridized carbons (Fsp3) is 0.417. The van der Waals surface area contributed by atoms with E-state index < -0.39 is 0 Å². The number of carbonyl (C=O) groups is 1. The third-order valence-corrected chi connectivity index (χ3v) is 2.66. The third-order valence-electron chi connectivity index (χ3n) is 2.66. The minimum atomic E-state index is -0.0832. The van der Waals surface area contributed by atoms with Crippen molar-refractivity contribution in [1.82, 2.24) is 20.2 Å². The second-order valence-corrected chi connectivity index (χ2v) is 3.99. The van der Waals surface area contributed by atoms with Crippen LogP contribution in [0, 0.1) is 0 Å². The quantitative estimate of drug-likeness (QED) is 0.801. The van der Waals surface area contributed by atoms with E-state index in [1.54, 1.807) is 29.6 Å². The highest BCUT2D eigenvalue weighted by atomic mass is 16.5. The molecule has 1 unspecified atom stereocenters. The molecule has 1 N–H and O–H groups in total. The van der Waals surface area contributed by atoms with Crippen LogP contribution in [0.4, 0.5) is 4.79 Å². The highest BCUT2D eigenvalue weighted by molar-refractivity contribution is 5.74. The van der Waals surface area contributed by atoms with Gasteiger partial charge in [-0.25, -0.2) is 9.78 Å². The van der Waals surface area contributed by atoms with Crippen LogP contribution in [-0.2, 0) is 0 Å². The normalized spacial score (nSPS) is 18.4. The number of aromatic nitrogens is 2. The lowest BCUT2D eigenvalue weighted by molar-refractivity contribution is 0.183. The van der Waals surface area contributed by atoms with Gasteiger partial charge < -0.3 is 15.0 Å². The number of carbonyl (C=O) groups excluding carboxylic acids is 1. The van der Waals surface area contributed by atoms with Crippen LogP contribution in [0.15, 0.2) is 31.2 Å². The second kappa shape index (κ2) is 6.00. The lowest BCUT2D eigenvalue weighted by Crippen LogP contribution is -2.39. The molecule has 0 radical (unpaired) electrons. The molecular formula is C12H16N4O2. The molecule has 18 heavy (non-hydrogen) atoms. The maximum absolute atomic E-state index is 11.7. The summed E-state index contributed by atoms with van der Waals surface area (Å²) in [6.45, 7) is 5.29. The number of rotatable bonds is 4. The van der Waals surface area contributed by atoms with Gasteiger partial charge in [0.25, 0.3) is 0 Å². The number of urea groups is 1. The average Bonchev–Trinajstić information content (AvgIpc) is 2.86. The Morgan fingerprint density at radius 2 is 2.56 bits per heavy atom. The van der Waals surface area contributed by atoms with E-state index in [9.17, 15) is 4.79 Å². The van der Waals surface area contributed by atoms with Crippen molar-refractivity contribution in [2.45, 2.75) is 12.5 Å². The summed E-state index contributed by atoms with van der Waals surface area (Å²) in [5.74, 6) is 0.496. The Kier molecular flexibility index (Phi) is 4.11. The van der Waals surface area contributed by atoms with Crippen LogP contribution >= 0.6 is 0 Å². The SMILES string of the molecule is C=CCNC(=O)N1CCC(Oc2cnccn2)C1. The van der Waals surface area contributed by atoms with Crippen molar-refractivity contribution in [2.24, 2.45) is 0 Å². The summed E-state index contributed by atoms with van der Waals surface area (Å²) in [7, 11) is 0. The van der Waals surface area contributed by atoms with E-state index in [-0.39, 0.29) is 12.1 Å². The van der Waals surface area contributed by atoms with Gasteiger partial charge in [-0.1, -0.05) is 6.08 Å². The number of likely N-dealkylation sites (tertiary alicyclic amines) is 1. The number of nitrogens with one attached hydrogen (secondary N) is 1. The first-order valence-corrected chi connectivity index (χ1v) is 5.86. The van der Waals surface area contributed by atoms with Crippen molar-refractivity contribution in [1.29, 1.82) is 0 Å². The Bertz CT molecular complexity index is 410. The van der Waals surface area contributed by atoms with Crippen LogP contribution in [0.3, 0.4) is 0 Å². The molecule has 1 atom stereocenters. The van der Waals surface area contributed by atoms with Crippen molar-refractivity contribution < 1.29 is 9.53 Å². The molecule has 0 saturated carbocycles. The topological polar surface area (TPSA) is 67.4 Å². The van der Waals surface area contributed by atoms with Crippen LogP contribution in [0.5, 0.6) is 5.88 Å². The highest BCUT2D eigenvalue weighted by Gasteiger charge is 2.27. The van der Waals surface area contributed by atoms with Gasteiger partial charge in [0.15, 0.2) is 0 Å². The Balaban J connectivity index is 1.81. The molecule has 0 spiro atoms. The van der Waals surface area contributed by atoms with Crippen molar-refractivity contribution >= 4 is 6.03 Å². The highest BCUT2D eigenvalue weighted by Crippen LogP contribution is 2.15. The molecule has 0 aliphatic carbocycles. The molecule has 0 aromatic carbocycles. The zero-order chi connectivity index (χ0) is 12.8. The third kappa shape index (κ3) is 3.19. The summed E-state index contributed by atoms with van der Waals surface area (Å²) in [6, 6.07) is -0.0832. The number of hydrogen-bond acceptors (Lipinski definition) is 4. The largest absolute Gasteiger partial charge is 0.471 e. The molecule has 2 rings (SSSR count). The molecule has 1 aromatic rings. The molecule has 2 amide bonds. The fourth-order valence-corrected chi connectivity index (χ4v) is 1.80. The van der Waals surface area contributed by atoms with Crippen LogP contribution in [0.2, 0.25) is 0 Å². The van der Waals surface area contributed by atoms with E-state index in [4.69, 9.17) is 4.74 Å². The molecule has 6 nitrogen and oxygen atoms in total. The number of ether oxygens (including phenoxy) is 1. The standard InChI is InChI=1S/C12H16N4O2/c1-2-4-15-12(17)16-7-3-10(9-16)18-11-8-13-5-6-14-11/h2,5-6,8,10H,1,3-4,7,9H2,(H,15,17). The summed E-state index contributed by atoms with van der Waals surface area (Å²) in [5, 5.41) is 2.74. The van der Waals surface area contributed by atoms with Gasteiger partial charge in [-0.3, -0.25) is 4.98 Å². The minimum Gasteiger partial charge on any atom is -0.471 e. The monoisotopic (exact) mass is 248 g/mol. The first-order valence-electron chi connectivity index (χ1n) is 5.86. The summed E-state index contributed by atoms with van der Waals surface area (Å²) >= 11 is 0. The molecular weight excluding hydrogens is 232 g/mol. The zero-order valence-corrected chi connectivity index (χ0v) is 10.1. The first kappa shape index (κ1) is 12.3. The predicted molar refractivity (Wildman–Crippen MR) is 66.2 cm³/mol. The van der Waals surface area contributed by atoms with Crippen LogP contribution in [-0.4, -0.2) is 46.6 Å². The summed E-state index contributed by atoms with van der Waals surface area (Å²) < 4.78 is 5.64. The van der Waals surface area contributed by atoms with E-state index in [0.29, 0.717) is 25.5 Å². The van der Waals surface area contributed by atoms with E-state index in [1.807, 2.05) is 0 Å². The fourth-order valence-electron chi connectivity index (χ4n) is 1.80. The van der Waals surface area contributed by atoms with E-state index in [0.717, 1.165) is 6.42 Å². The summed E-state index contributed by atoms with van der Waals surface area (Å²) in [5.41, 5.74) is 0. The van der Waals surface area contributed by atoms with Gasteiger partial charge in [-0.2, -0.15) is 0 Å². The van der Waals surface area contributed by atoms with Gasteiger partial charge >= 0.3 is 6.03 Å². The molecule has 1 aliphatic rings. The number of hydrogen-bond donors (Lipinski definition) is 1. The molecule has 1 saturated heterocycles. The molecule has 1 aliphatic heterocycles. The van der Waals surface area contributed by atoms with Crippen LogP contribution in [0.1, 0.15) is 6.42 Å². The molecule has 96 valence electrons. The number of nitrogens with zero attached hydrogens (tertiary/aromatic N) is 3. The maximum Gasteiger partial charge on any atom is 0.317 e. The molecule has 2 heterocycles. The second-order valence-electron chi connectivity index (χ2n) is 3.99. The zero-order valence-electron chi connectivity index (χ0n) is 10.1. The van der Waals surface area contributed by atoms with Crippen molar-refractivity contribution in [3.05, 3.63) is 31.2 Å². The maximum atomic E-state index is 11.7. The van der Waals surface area contributed by atoms with E-state index in [1.165, 1.54) is 0 Å². The van der Waals surface area contributed by atoms with Gasteiger partial charge in [-0.15, -0.1) is 6.58 Å². The van der Waals surface area contributed by atoms with Gasteiger partial charge in [0.2, 0.25) is 5.88 Å². The first-order chi connectivity index (χ1) is 8.79. The van der Waals surface area contributed by atoms with Gasteiger partial charge in [0.05, 0.1) is 12.7 Å². The molecule has 1 fully saturated rings. The molecule has 1 aromatic heterocycles. The van der Waals surface area contributed by atoms with Gasteiger partial charge in [0.1, 0.15) is 6.10 Å². The predicted octanol–water partition coefficient (Wildman–Crippen LogP) is 0.825. The Hall–Kier alpha value is -2.11. The Morgan fingerprint density at radius 1 is 1.67 bits per heavy atom. The smallest absolute Gasteiger partial charge is 0.317 e. The summed E-state index contributed by atoms with van der Waals surface area (Å²) in [6.07, 6.45) is 7.19. The average molecular weight is 248 g/mol. The molecule has 6 heteroatoms. The van der Waals surface area contributed by atoms with Crippen molar-refractivity contribution in [3.8, 4) is 5.88 Å². The Labute approximate surface area is 106 Å². The Morgan fingerprint density at radius 3 is 3.28 bits per heavy atom. The van der Waals surface area contributed by atoms with Crippen LogP contribution in [0.25, 0.3) is 0 Å².